The van der Waals surface area contributed by atoms with Gasteiger partial charge < -0.3 is 15.6 Å². The number of H-pyrrole nitrogens is 1. The van der Waals surface area contributed by atoms with E-state index in [1.807, 2.05) is 6.92 Å². The summed E-state index contributed by atoms with van der Waals surface area (Å²) in [6, 6.07) is 8.17. The first-order valence-corrected chi connectivity index (χ1v) is 9.03. The van der Waals surface area contributed by atoms with Crippen molar-refractivity contribution in [2.45, 2.75) is 26.7 Å². The van der Waals surface area contributed by atoms with Crippen LogP contribution in [0, 0.1) is 12.7 Å². The lowest BCUT2D eigenvalue weighted by molar-refractivity contribution is -0.115. The number of pyridine rings is 2. The van der Waals surface area contributed by atoms with E-state index in [0.717, 1.165) is 22.6 Å². The Morgan fingerprint density at radius 3 is 2.75 bits per heavy atom. The van der Waals surface area contributed by atoms with Crippen molar-refractivity contribution in [1.29, 1.82) is 0 Å². The Balaban J connectivity index is 1.79. The second-order valence-corrected chi connectivity index (χ2v) is 6.76. The summed E-state index contributed by atoms with van der Waals surface area (Å²) in [5.74, 6) is 0.136. The van der Waals surface area contributed by atoms with E-state index in [9.17, 15) is 14.0 Å². The molecule has 2 aromatic heterocycles. The third-order valence-electron chi connectivity index (χ3n) is 4.87. The minimum Gasteiger partial charge on any atom is -0.354 e. The number of halogens is 1. The molecule has 0 unspecified atom stereocenters. The van der Waals surface area contributed by atoms with Gasteiger partial charge in [0.05, 0.1) is 12.1 Å². The molecular formula is C21H19FN4O2. The summed E-state index contributed by atoms with van der Waals surface area (Å²) < 4.78 is 13.6. The van der Waals surface area contributed by atoms with Crippen LogP contribution >= 0.6 is 0 Å². The molecule has 3 N–H and O–H groups in total. The number of carbonyl (C=O) groups is 1. The highest BCUT2D eigenvalue weighted by molar-refractivity contribution is 6.00. The van der Waals surface area contributed by atoms with E-state index in [2.05, 4.69) is 20.6 Å². The summed E-state index contributed by atoms with van der Waals surface area (Å²) in [7, 11) is 0. The van der Waals surface area contributed by atoms with Crippen molar-refractivity contribution in [2.24, 2.45) is 0 Å². The monoisotopic (exact) mass is 378 g/mol. The van der Waals surface area contributed by atoms with Crippen molar-refractivity contribution < 1.29 is 9.18 Å². The highest BCUT2D eigenvalue weighted by atomic mass is 19.1. The fourth-order valence-electron chi connectivity index (χ4n) is 3.36. The number of hydrogen-bond acceptors (Lipinski definition) is 4. The summed E-state index contributed by atoms with van der Waals surface area (Å²) in [4.78, 5) is 31.4. The van der Waals surface area contributed by atoms with Gasteiger partial charge in [0.2, 0.25) is 5.91 Å². The van der Waals surface area contributed by atoms with Crippen LogP contribution in [0.25, 0.3) is 11.1 Å². The van der Waals surface area contributed by atoms with Crippen molar-refractivity contribution in [3.63, 3.8) is 0 Å². The van der Waals surface area contributed by atoms with Crippen molar-refractivity contribution in [3.05, 3.63) is 69.5 Å². The molecule has 1 aliphatic heterocycles. The van der Waals surface area contributed by atoms with Gasteiger partial charge in [0.25, 0.3) is 5.56 Å². The number of amides is 1. The van der Waals surface area contributed by atoms with Gasteiger partial charge in [-0.1, -0.05) is 13.0 Å². The van der Waals surface area contributed by atoms with E-state index in [1.165, 1.54) is 6.07 Å². The zero-order valence-electron chi connectivity index (χ0n) is 15.5. The summed E-state index contributed by atoms with van der Waals surface area (Å²) in [5, 5.41) is 6.06. The third-order valence-corrected chi connectivity index (χ3v) is 4.87. The molecule has 142 valence electrons. The van der Waals surface area contributed by atoms with Gasteiger partial charge >= 0.3 is 0 Å². The van der Waals surface area contributed by atoms with Gasteiger partial charge in [0.15, 0.2) is 0 Å². The highest BCUT2D eigenvalue weighted by Gasteiger charge is 2.22. The third kappa shape index (κ3) is 3.15. The lowest BCUT2D eigenvalue weighted by atomic mass is 10.0. The minimum absolute atomic E-state index is 0.101. The molecule has 4 rings (SSSR count). The first-order chi connectivity index (χ1) is 13.5. The van der Waals surface area contributed by atoms with E-state index in [4.69, 9.17) is 0 Å². The zero-order chi connectivity index (χ0) is 19.8. The Kier molecular flexibility index (Phi) is 4.43. The van der Waals surface area contributed by atoms with Gasteiger partial charge in [-0.05, 0) is 48.7 Å². The summed E-state index contributed by atoms with van der Waals surface area (Å²) in [6.45, 7) is 3.61. The topological polar surface area (TPSA) is 86.9 Å². The SMILES string of the molecule is CCc1[nH]c(=O)c(-c2ccc(F)c(C)c2)cc1Nc1ccnc2c1CC(=O)N2. The Labute approximate surface area is 160 Å². The van der Waals surface area contributed by atoms with Crippen molar-refractivity contribution in [2.75, 3.05) is 10.6 Å². The van der Waals surface area contributed by atoms with Crippen molar-refractivity contribution >= 4 is 23.1 Å². The van der Waals surface area contributed by atoms with Gasteiger partial charge in [-0.3, -0.25) is 9.59 Å². The van der Waals surface area contributed by atoms with Gasteiger partial charge in [-0.2, -0.15) is 0 Å². The van der Waals surface area contributed by atoms with Crippen LogP contribution in [0.2, 0.25) is 0 Å². The number of aromatic amines is 1. The summed E-state index contributed by atoms with van der Waals surface area (Å²) in [5.41, 5.74) is 4.35. The van der Waals surface area contributed by atoms with Crippen LogP contribution in [-0.2, 0) is 17.6 Å². The number of benzene rings is 1. The number of carbonyl (C=O) groups excluding carboxylic acids is 1. The van der Waals surface area contributed by atoms with Crippen LogP contribution < -0.4 is 16.2 Å². The number of anilines is 3. The molecule has 3 aromatic rings. The molecule has 1 aromatic carbocycles. The van der Waals surface area contributed by atoms with Crippen LogP contribution in [0.1, 0.15) is 23.7 Å². The predicted molar refractivity (Wildman–Crippen MR) is 106 cm³/mol. The van der Waals surface area contributed by atoms with Crippen molar-refractivity contribution in [3.8, 4) is 11.1 Å². The normalized spacial score (nSPS) is 12.6. The molecular weight excluding hydrogens is 359 g/mol. The zero-order valence-corrected chi connectivity index (χ0v) is 15.5. The average molecular weight is 378 g/mol. The van der Waals surface area contributed by atoms with Crippen LogP contribution in [0.5, 0.6) is 0 Å². The van der Waals surface area contributed by atoms with Crippen LogP contribution in [0.15, 0.2) is 41.3 Å². The van der Waals surface area contributed by atoms with E-state index < -0.39 is 0 Å². The van der Waals surface area contributed by atoms with Crippen molar-refractivity contribution in [1.82, 2.24) is 9.97 Å². The highest BCUT2D eigenvalue weighted by Crippen LogP contribution is 2.32. The minimum atomic E-state index is -0.312. The van der Waals surface area contributed by atoms with E-state index >= 15 is 0 Å². The van der Waals surface area contributed by atoms with Gasteiger partial charge in [-0.15, -0.1) is 0 Å². The lowest BCUT2D eigenvalue weighted by Crippen LogP contribution is -2.14. The molecule has 28 heavy (non-hydrogen) atoms. The first kappa shape index (κ1) is 17.9. The maximum absolute atomic E-state index is 13.6. The first-order valence-electron chi connectivity index (χ1n) is 9.03. The fraction of sp³-hybridized carbons (Fsp3) is 0.190. The summed E-state index contributed by atoms with van der Waals surface area (Å²) in [6.07, 6.45) is 2.49. The molecule has 0 aliphatic carbocycles. The maximum atomic E-state index is 13.6. The molecule has 0 saturated heterocycles. The second kappa shape index (κ2) is 6.92. The molecule has 1 amide bonds. The Bertz CT molecular complexity index is 1150. The average Bonchev–Trinajstić information content (AvgIpc) is 3.06. The molecule has 0 saturated carbocycles. The Hall–Kier alpha value is -3.48. The Morgan fingerprint density at radius 2 is 2.00 bits per heavy atom. The fourth-order valence-corrected chi connectivity index (χ4v) is 3.36. The second-order valence-electron chi connectivity index (χ2n) is 6.76. The standard InChI is InChI=1S/C21H19FN4O2/c1-3-16-18(24-17-6-7-23-20-14(17)10-19(27)26-20)9-13(21(28)25-16)12-4-5-15(22)11(2)8-12/h4-9H,3,10H2,1-2H3,(H,25,28)(H2,23,24,26,27). The van der Waals surface area contributed by atoms with Crippen LogP contribution in [0.4, 0.5) is 21.6 Å². The number of hydrogen-bond donors (Lipinski definition) is 3. The number of fused-ring (bicyclic) bond motifs is 1. The number of nitrogens with zero attached hydrogens (tertiary/aromatic N) is 1. The number of nitrogens with one attached hydrogen (secondary N) is 3. The number of aryl methyl sites for hydroxylation is 2. The van der Waals surface area contributed by atoms with Gasteiger partial charge in [0, 0.05) is 28.7 Å². The number of aromatic nitrogens is 2. The van der Waals surface area contributed by atoms with Crippen LogP contribution in [0.3, 0.4) is 0 Å². The number of rotatable bonds is 4. The molecule has 0 bridgehead atoms. The lowest BCUT2D eigenvalue weighted by Gasteiger charge is -2.15. The quantitative estimate of drug-likeness (QED) is 0.646. The smallest absolute Gasteiger partial charge is 0.256 e. The van der Waals surface area contributed by atoms with E-state index in [-0.39, 0.29) is 23.7 Å². The predicted octanol–water partition coefficient (Wildman–Crippen LogP) is 3.69. The van der Waals surface area contributed by atoms with Crippen LogP contribution in [-0.4, -0.2) is 15.9 Å². The molecule has 0 fully saturated rings. The molecule has 0 radical (unpaired) electrons. The molecule has 0 atom stereocenters. The van der Waals surface area contributed by atoms with E-state index in [0.29, 0.717) is 28.9 Å². The Morgan fingerprint density at radius 1 is 1.18 bits per heavy atom. The molecule has 7 heteroatoms. The largest absolute Gasteiger partial charge is 0.354 e. The van der Waals surface area contributed by atoms with E-state index in [1.54, 1.807) is 37.4 Å². The molecule has 0 spiro atoms. The van der Waals surface area contributed by atoms with Gasteiger partial charge in [-0.25, -0.2) is 9.37 Å². The molecule has 3 heterocycles. The van der Waals surface area contributed by atoms with Gasteiger partial charge in [0.1, 0.15) is 11.6 Å². The maximum Gasteiger partial charge on any atom is 0.256 e. The molecule has 6 nitrogen and oxygen atoms in total. The molecule has 1 aliphatic rings. The summed E-state index contributed by atoms with van der Waals surface area (Å²) >= 11 is 0.